The number of benzene rings is 2. The maximum absolute atomic E-state index is 14.0. The number of rotatable bonds is 3. The van der Waals surface area contributed by atoms with Gasteiger partial charge in [0.1, 0.15) is 11.6 Å². The quantitative estimate of drug-likeness (QED) is 0.895. The molecule has 2 N–H and O–H groups in total. The molecule has 1 aliphatic rings. The molecule has 1 unspecified atom stereocenters. The highest BCUT2D eigenvalue weighted by atomic mass is 19.1. The van der Waals surface area contributed by atoms with Gasteiger partial charge in [0.05, 0.1) is 0 Å². The minimum absolute atomic E-state index is 0.0102. The minimum atomic E-state index is -0.653. The van der Waals surface area contributed by atoms with E-state index in [2.05, 4.69) is 0 Å². The van der Waals surface area contributed by atoms with Crippen LogP contribution in [0, 0.1) is 11.6 Å². The maximum Gasteiger partial charge on any atom is 0.130 e. The molecule has 2 aromatic carbocycles. The zero-order chi connectivity index (χ0) is 14.2. The Morgan fingerprint density at radius 2 is 1.50 bits per heavy atom. The van der Waals surface area contributed by atoms with Crippen LogP contribution in [0.15, 0.2) is 48.5 Å². The highest BCUT2D eigenvalue weighted by Crippen LogP contribution is 2.51. The van der Waals surface area contributed by atoms with Crippen molar-refractivity contribution in [3.8, 4) is 0 Å². The molecule has 1 saturated carbocycles. The molecule has 3 rings (SSSR count). The van der Waals surface area contributed by atoms with Gasteiger partial charge in [-0.2, -0.15) is 0 Å². The number of hydrogen-bond acceptors (Lipinski definition) is 1. The molecule has 2 aromatic rings. The summed E-state index contributed by atoms with van der Waals surface area (Å²) in [5, 5.41) is 0. The number of nitrogens with two attached hydrogens (primary N) is 1. The van der Waals surface area contributed by atoms with Crippen LogP contribution in [-0.2, 0) is 5.41 Å². The van der Waals surface area contributed by atoms with Gasteiger partial charge in [-0.15, -0.1) is 0 Å². The van der Waals surface area contributed by atoms with Crippen molar-refractivity contribution in [2.45, 2.75) is 30.7 Å². The first-order valence-electron chi connectivity index (χ1n) is 6.90. The molecule has 0 radical (unpaired) electrons. The summed E-state index contributed by atoms with van der Waals surface area (Å²) in [6, 6.07) is 13.1. The Morgan fingerprint density at radius 1 is 0.900 bits per heavy atom. The molecule has 0 heterocycles. The van der Waals surface area contributed by atoms with Crippen LogP contribution in [-0.4, -0.2) is 0 Å². The topological polar surface area (TPSA) is 26.0 Å². The van der Waals surface area contributed by atoms with Crippen LogP contribution in [0.4, 0.5) is 8.78 Å². The summed E-state index contributed by atoms with van der Waals surface area (Å²) in [5.74, 6) is -1.11. The highest BCUT2D eigenvalue weighted by Gasteiger charge is 2.45. The van der Waals surface area contributed by atoms with Crippen LogP contribution in [0.5, 0.6) is 0 Å². The molecule has 1 aliphatic carbocycles. The Bertz CT molecular complexity index is 585. The second kappa shape index (κ2) is 4.98. The monoisotopic (exact) mass is 273 g/mol. The predicted octanol–water partition coefficient (Wildman–Crippen LogP) is 4.09. The molecule has 0 bridgehead atoms. The third-order valence-electron chi connectivity index (χ3n) is 4.50. The average Bonchev–Trinajstić information content (AvgIpc) is 2.38. The van der Waals surface area contributed by atoms with Gasteiger partial charge in [0.2, 0.25) is 0 Å². The Hall–Kier alpha value is -1.74. The molecule has 0 spiro atoms. The molecule has 1 nitrogen and oxygen atoms in total. The van der Waals surface area contributed by atoms with Gasteiger partial charge in [0, 0.05) is 17.0 Å². The van der Waals surface area contributed by atoms with Crippen molar-refractivity contribution in [3.05, 3.63) is 71.3 Å². The van der Waals surface area contributed by atoms with E-state index in [1.807, 2.05) is 30.3 Å². The lowest BCUT2D eigenvalue weighted by molar-refractivity contribution is 0.190. The van der Waals surface area contributed by atoms with Gasteiger partial charge in [0.25, 0.3) is 0 Å². The first kappa shape index (κ1) is 13.3. The van der Waals surface area contributed by atoms with Gasteiger partial charge in [-0.05, 0) is 30.5 Å². The Labute approximate surface area is 117 Å². The molecule has 20 heavy (non-hydrogen) atoms. The van der Waals surface area contributed by atoms with Crippen LogP contribution < -0.4 is 5.73 Å². The van der Waals surface area contributed by atoms with Gasteiger partial charge in [-0.25, -0.2) is 8.78 Å². The maximum atomic E-state index is 14.0. The molecule has 3 heteroatoms. The second-order valence-electron chi connectivity index (χ2n) is 5.49. The lowest BCUT2D eigenvalue weighted by Gasteiger charge is -2.47. The summed E-state index contributed by atoms with van der Waals surface area (Å²) in [5.41, 5.74) is 7.03. The largest absolute Gasteiger partial charge is 0.323 e. The van der Waals surface area contributed by atoms with Crippen LogP contribution in [0.25, 0.3) is 0 Å². The smallest absolute Gasteiger partial charge is 0.130 e. The van der Waals surface area contributed by atoms with Crippen LogP contribution >= 0.6 is 0 Å². The van der Waals surface area contributed by atoms with E-state index in [0.717, 1.165) is 24.8 Å². The van der Waals surface area contributed by atoms with Crippen molar-refractivity contribution in [2.24, 2.45) is 5.73 Å². The molecule has 0 aromatic heterocycles. The molecular formula is C17H17F2N. The van der Waals surface area contributed by atoms with E-state index in [0.29, 0.717) is 0 Å². The normalized spacial score (nSPS) is 18.4. The van der Waals surface area contributed by atoms with Crippen molar-refractivity contribution in [2.75, 3.05) is 0 Å². The van der Waals surface area contributed by atoms with E-state index in [9.17, 15) is 8.78 Å². The second-order valence-corrected chi connectivity index (χ2v) is 5.49. The van der Waals surface area contributed by atoms with E-state index in [4.69, 9.17) is 5.73 Å². The molecule has 0 amide bonds. The molecule has 1 atom stereocenters. The van der Waals surface area contributed by atoms with Crippen molar-refractivity contribution in [1.29, 1.82) is 0 Å². The van der Waals surface area contributed by atoms with Crippen LogP contribution in [0.1, 0.15) is 36.4 Å². The van der Waals surface area contributed by atoms with E-state index in [-0.39, 0.29) is 11.0 Å². The van der Waals surface area contributed by atoms with E-state index in [1.165, 1.54) is 18.2 Å². The fourth-order valence-corrected chi connectivity index (χ4v) is 3.19. The molecule has 0 aliphatic heterocycles. The van der Waals surface area contributed by atoms with Gasteiger partial charge in [-0.1, -0.05) is 42.8 Å². The van der Waals surface area contributed by atoms with Gasteiger partial charge in [0.15, 0.2) is 0 Å². The van der Waals surface area contributed by atoms with Gasteiger partial charge < -0.3 is 5.73 Å². The third-order valence-corrected chi connectivity index (χ3v) is 4.50. The Balaban J connectivity index is 2.06. The van der Waals surface area contributed by atoms with Crippen molar-refractivity contribution >= 4 is 0 Å². The lowest BCUT2D eigenvalue weighted by atomic mass is 9.59. The zero-order valence-corrected chi connectivity index (χ0v) is 11.2. The molecule has 1 fully saturated rings. The SMILES string of the molecule is NC(c1c(F)cccc1F)C1(c2ccccc2)CCC1. The summed E-state index contributed by atoms with van der Waals surface area (Å²) in [7, 11) is 0. The average molecular weight is 273 g/mol. The molecule has 104 valence electrons. The van der Waals surface area contributed by atoms with Crippen molar-refractivity contribution in [1.82, 2.24) is 0 Å². The van der Waals surface area contributed by atoms with Crippen LogP contribution in [0.3, 0.4) is 0 Å². The fourth-order valence-electron chi connectivity index (χ4n) is 3.19. The summed E-state index contributed by atoms with van der Waals surface area (Å²) in [4.78, 5) is 0. The van der Waals surface area contributed by atoms with E-state index in [1.54, 1.807) is 0 Å². The van der Waals surface area contributed by atoms with E-state index < -0.39 is 17.7 Å². The number of hydrogen-bond donors (Lipinski definition) is 1. The zero-order valence-electron chi connectivity index (χ0n) is 11.2. The first-order chi connectivity index (χ1) is 9.65. The summed E-state index contributed by atoms with van der Waals surface area (Å²) in [6.07, 6.45) is 2.77. The summed E-state index contributed by atoms with van der Waals surface area (Å²) < 4.78 is 28.0. The van der Waals surface area contributed by atoms with E-state index >= 15 is 0 Å². The fraction of sp³-hybridized carbons (Fsp3) is 0.294. The molecular weight excluding hydrogens is 256 g/mol. The molecule has 0 saturated heterocycles. The third kappa shape index (κ3) is 1.93. The summed E-state index contributed by atoms with van der Waals surface area (Å²) in [6.45, 7) is 0. The van der Waals surface area contributed by atoms with Gasteiger partial charge in [-0.3, -0.25) is 0 Å². The van der Waals surface area contributed by atoms with Gasteiger partial charge >= 0.3 is 0 Å². The standard InChI is InChI=1S/C17H17F2N/c18-13-8-4-9-14(19)15(13)16(20)17(10-5-11-17)12-6-2-1-3-7-12/h1-4,6-9,16H,5,10-11,20H2. The predicted molar refractivity (Wildman–Crippen MR) is 75.3 cm³/mol. The summed E-state index contributed by atoms with van der Waals surface area (Å²) >= 11 is 0. The first-order valence-corrected chi connectivity index (χ1v) is 6.90. The Kier molecular flexibility index (Phi) is 3.30. The van der Waals surface area contributed by atoms with Crippen molar-refractivity contribution in [3.63, 3.8) is 0 Å². The minimum Gasteiger partial charge on any atom is -0.323 e. The lowest BCUT2D eigenvalue weighted by Crippen LogP contribution is -2.45. The van der Waals surface area contributed by atoms with Crippen LogP contribution in [0.2, 0.25) is 0 Å². The van der Waals surface area contributed by atoms with Crippen molar-refractivity contribution < 1.29 is 8.78 Å². The Morgan fingerprint density at radius 3 is 2.00 bits per heavy atom. The number of halogens is 2. The highest BCUT2D eigenvalue weighted by molar-refractivity contribution is 5.36.